The molecule has 1 saturated carbocycles. The Balaban J connectivity index is 1.88. The highest BCUT2D eigenvalue weighted by molar-refractivity contribution is 6.31. The van der Waals surface area contributed by atoms with Gasteiger partial charge in [0, 0.05) is 10.6 Å². The van der Waals surface area contributed by atoms with Crippen molar-refractivity contribution in [2.24, 2.45) is 5.84 Å². The van der Waals surface area contributed by atoms with Gasteiger partial charge in [-0.3, -0.25) is 5.84 Å². The summed E-state index contributed by atoms with van der Waals surface area (Å²) in [5, 5.41) is 0.344. The molecule has 3 rings (SSSR count). The van der Waals surface area contributed by atoms with Crippen molar-refractivity contribution in [1.29, 1.82) is 0 Å². The van der Waals surface area contributed by atoms with E-state index < -0.39 is 6.04 Å². The molecule has 0 radical (unpaired) electrons. The molecule has 0 saturated heterocycles. The van der Waals surface area contributed by atoms with E-state index >= 15 is 0 Å². The van der Waals surface area contributed by atoms with E-state index in [0.29, 0.717) is 16.7 Å². The molecule has 2 aromatic rings. The molecule has 0 aromatic heterocycles. The number of nitrogens with two attached hydrogens (primary N) is 1. The summed E-state index contributed by atoms with van der Waals surface area (Å²) < 4.78 is 19.7. The minimum absolute atomic E-state index is 0.344. The third-order valence-corrected chi connectivity index (χ3v) is 3.83. The third-order valence-electron chi connectivity index (χ3n) is 3.50. The molecule has 3 N–H and O–H groups in total. The van der Waals surface area contributed by atoms with E-state index in [1.54, 1.807) is 12.1 Å². The molecule has 3 nitrogen and oxygen atoms in total. The maximum atomic E-state index is 14.0. The van der Waals surface area contributed by atoms with E-state index in [9.17, 15) is 4.39 Å². The zero-order valence-electron chi connectivity index (χ0n) is 11.4. The SMILES string of the molecule is NNC(c1ccc(OC2CC2)cc1)c1c(F)cccc1Cl. The van der Waals surface area contributed by atoms with Crippen LogP contribution in [0.25, 0.3) is 0 Å². The lowest BCUT2D eigenvalue weighted by atomic mass is 9.98. The van der Waals surface area contributed by atoms with Crippen molar-refractivity contribution in [3.05, 3.63) is 64.4 Å². The van der Waals surface area contributed by atoms with Crippen molar-refractivity contribution in [3.8, 4) is 5.75 Å². The van der Waals surface area contributed by atoms with Gasteiger partial charge in [0.2, 0.25) is 0 Å². The molecule has 1 fully saturated rings. The van der Waals surface area contributed by atoms with Gasteiger partial charge in [0.15, 0.2) is 0 Å². The fraction of sp³-hybridized carbons (Fsp3) is 0.250. The first-order chi connectivity index (χ1) is 10.2. The largest absolute Gasteiger partial charge is 0.490 e. The predicted molar refractivity (Wildman–Crippen MR) is 80.7 cm³/mol. The lowest BCUT2D eigenvalue weighted by molar-refractivity contribution is 0.303. The van der Waals surface area contributed by atoms with Gasteiger partial charge in [-0.1, -0.05) is 29.8 Å². The molecule has 0 aliphatic heterocycles. The number of hydrazine groups is 1. The van der Waals surface area contributed by atoms with Crippen LogP contribution in [0.5, 0.6) is 5.75 Å². The zero-order chi connectivity index (χ0) is 14.8. The van der Waals surface area contributed by atoms with Crippen LogP contribution in [0.2, 0.25) is 5.02 Å². The second kappa shape index (κ2) is 6.02. The quantitative estimate of drug-likeness (QED) is 0.656. The molecular weight excluding hydrogens is 291 g/mol. The van der Waals surface area contributed by atoms with Gasteiger partial charge < -0.3 is 4.74 Å². The molecule has 1 atom stereocenters. The second-order valence-electron chi connectivity index (χ2n) is 5.12. The van der Waals surface area contributed by atoms with Gasteiger partial charge in [0.1, 0.15) is 11.6 Å². The number of hydrogen-bond donors (Lipinski definition) is 2. The molecule has 110 valence electrons. The lowest BCUT2D eigenvalue weighted by Crippen LogP contribution is -2.29. The van der Waals surface area contributed by atoms with E-state index in [4.69, 9.17) is 22.2 Å². The van der Waals surface area contributed by atoms with Crippen molar-refractivity contribution in [2.45, 2.75) is 25.0 Å². The van der Waals surface area contributed by atoms with Crippen molar-refractivity contribution in [3.63, 3.8) is 0 Å². The van der Waals surface area contributed by atoms with Crippen molar-refractivity contribution in [2.75, 3.05) is 0 Å². The van der Waals surface area contributed by atoms with Crippen LogP contribution in [0, 0.1) is 5.82 Å². The minimum atomic E-state index is -0.506. The first-order valence-corrected chi connectivity index (χ1v) is 7.23. The molecule has 1 aliphatic carbocycles. The summed E-state index contributed by atoms with van der Waals surface area (Å²) in [4.78, 5) is 0. The summed E-state index contributed by atoms with van der Waals surface area (Å²) in [7, 11) is 0. The van der Waals surface area contributed by atoms with Gasteiger partial charge in [-0.2, -0.15) is 0 Å². The smallest absolute Gasteiger partial charge is 0.129 e. The molecule has 5 heteroatoms. The maximum Gasteiger partial charge on any atom is 0.129 e. The molecule has 0 bridgehead atoms. The molecule has 0 spiro atoms. The number of benzene rings is 2. The Hall–Kier alpha value is -1.62. The van der Waals surface area contributed by atoms with E-state index in [2.05, 4.69) is 5.43 Å². The summed E-state index contributed by atoms with van der Waals surface area (Å²) in [6, 6.07) is 11.6. The van der Waals surface area contributed by atoms with Gasteiger partial charge in [-0.05, 0) is 42.7 Å². The van der Waals surface area contributed by atoms with E-state index in [1.807, 2.05) is 24.3 Å². The fourth-order valence-corrected chi connectivity index (χ4v) is 2.52. The number of ether oxygens (including phenoxy) is 1. The van der Waals surface area contributed by atoms with Gasteiger partial charge in [-0.25, -0.2) is 9.82 Å². The normalized spacial score (nSPS) is 15.8. The first-order valence-electron chi connectivity index (χ1n) is 6.85. The minimum Gasteiger partial charge on any atom is -0.490 e. The van der Waals surface area contributed by atoms with Crippen LogP contribution >= 0.6 is 11.6 Å². The average molecular weight is 307 g/mol. The molecule has 1 unspecified atom stereocenters. The van der Waals surface area contributed by atoms with E-state index in [1.165, 1.54) is 6.07 Å². The van der Waals surface area contributed by atoms with Crippen molar-refractivity contribution < 1.29 is 9.13 Å². The summed E-state index contributed by atoms with van der Waals surface area (Å²) >= 11 is 6.10. The Bertz CT molecular complexity index is 608. The summed E-state index contributed by atoms with van der Waals surface area (Å²) in [5.74, 6) is 6.03. The monoisotopic (exact) mass is 306 g/mol. The van der Waals surface area contributed by atoms with Gasteiger partial charge in [0.25, 0.3) is 0 Å². The zero-order valence-corrected chi connectivity index (χ0v) is 12.1. The number of halogens is 2. The Morgan fingerprint density at radius 2 is 1.90 bits per heavy atom. The molecule has 21 heavy (non-hydrogen) atoms. The van der Waals surface area contributed by atoms with Gasteiger partial charge in [-0.15, -0.1) is 0 Å². The second-order valence-corrected chi connectivity index (χ2v) is 5.53. The fourth-order valence-electron chi connectivity index (χ4n) is 2.25. The van der Waals surface area contributed by atoms with Crippen LogP contribution in [0.15, 0.2) is 42.5 Å². The number of hydrogen-bond acceptors (Lipinski definition) is 3. The lowest BCUT2D eigenvalue weighted by Gasteiger charge is -2.19. The Morgan fingerprint density at radius 1 is 1.19 bits per heavy atom. The van der Waals surface area contributed by atoms with Gasteiger partial charge in [0.05, 0.1) is 12.1 Å². The molecule has 1 aliphatic rings. The standard InChI is InChI=1S/C16H16ClFN2O/c17-13-2-1-3-14(18)15(13)16(20-19)10-4-6-11(7-5-10)21-12-8-9-12/h1-7,12,16,20H,8-9,19H2. The van der Waals surface area contributed by atoms with Crippen LogP contribution in [0.1, 0.15) is 30.0 Å². The van der Waals surface area contributed by atoms with Crippen LogP contribution < -0.4 is 16.0 Å². The Kier molecular flexibility index (Phi) is 4.10. The first kappa shape index (κ1) is 14.3. The summed E-state index contributed by atoms with van der Waals surface area (Å²) in [6.07, 6.45) is 2.57. The number of nitrogens with one attached hydrogen (secondary N) is 1. The van der Waals surface area contributed by atoms with Crippen molar-refractivity contribution >= 4 is 11.6 Å². The van der Waals surface area contributed by atoms with Crippen LogP contribution in [0.3, 0.4) is 0 Å². The van der Waals surface area contributed by atoms with E-state index in [-0.39, 0.29) is 5.82 Å². The predicted octanol–water partition coefficient (Wildman–Crippen LogP) is 3.57. The highest BCUT2D eigenvalue weighted by Crippen LogP contribution is 2.32. The van der Waals surface area contributed by atoms with Crippen LogP contribution in [0.4, 0.5) is 4.39 Å². The Labute approximate surface area is 127 Å². The number of rotatable bonds is 5. The molecular formula is C16H16ClFN2O. The topological polar surface area (TPSA) is 47.3 Å². The summed E-state index contributed by atoms with van der Waals surface area (Å²) in [6.45, 7) is 0. The van der Waals surface area contributed by atoms with Gasteiger partial charge >= 0.3 is 0 Å². The van der Waals surface area contributed by atoms with Crippen LogP contribution in [-0.4, -0.2) is 6.10 Å². The maximum absolute atomic E-state index is 14.0. The van der Waals surface area contributed by atoms with E-state index in [0.717, 1.165) is 24.2 Å². The van der Waals surface area contributed by atoms with Crippen LogP contribution in [-0.2, 0) is 0 Å². The third kappa shape index (κ3) is 3.18. The highest BCUT2D eigenvalue weighted by atomic mass is 35.5. The summed E-state index contributed by atoms with van der Waals surface area (Å²) in [5.41, 5.74) is 3.80. The molecule has 0 heterocycles. The van der Waals surface area contributed by atoms with Crippen molar-refractivity contribution in [1.82, 2.24) is 5.43 Å². The molecule has 2 aromatic carbocycles. The molecule has 0 amide bonds. The highest BCUT2D eigenvalue weighted by Gasteiger charge is 2.24. The average Bonchev–Trinajstić information content (AvgIpc) is 3.28. The Morgan fingerprint density at radius 3 is 2.48 bits per heavy atom.